The molecule has 1 fully saturated rings. The second-order valence-corrected chi connectivity index (χ2v) is 6.79. The smallest absolute Gasteiger partial charge is 0.410 e. The van der Waals surface area contributed by atoms with Crippen molar-refractivity contribution in [1.29, 1.82) is 0 Å². The van der Waals surface area contributed by atoms with Crippen LogP contribution in [0.3, 0.4) is 0 Å². The molecule has 148 valence electrons. The van der Waals surface area contributed by atoms with Crippen LogP contribution in [0.2, 0.25) is 0 Å². The molecular weight excluding hydrogens is 374 g/mol. The number of imide groups is 1. The number of hydrogen-bond donors (Lipinski definition) is 0. The van der Waals surface area contributed by atoms with E-state index >= 15 is 0 Å². The zero-order valence-electron chi connectivity index (χ0n) is 15.6. The van der Waals surface area contributed by atoms with Crippen molar-refractivity contribution in [2.24, 2.45) is 0 Å². The molecule has 2 heterocycles. The monoisotopic (exact) mass is 393 g/mol. The van der Waals surface area contributed by atoms with E-state index in [1.54, 1.807) is 53.4 Å². The van der Waals surface area contributed by atoms with E-state index in [4.69, 9.17) is 4.74 Å². The first-order chi connectivity index (χ1) is 14.0. The minimum Gasteiger partial charge on any atom is -0.410 e. The Kier molecular flexibility index (Phi) is 4.99. The van der Waals surface area contributed by atoms with Crippen molar-refractivity contribution in [3.05, 3.63) is 65.7 Å². The number of fused-ring (bicyclic) bond motifs is 1. The molecule has 2 aliphatic rings. The van der Waals surface area contributed by atoms with Gasteiger partial charge in [-0.2, -0.15) is 0 Å². The third kappa shape index (κ3) is 3.69. The predicted octanol–water partition coefficient (Wildman–Crippen LogP) is 1.63. The van der Waals surface area contributed by atoms with Crippen molar-refractivity contribution in [1.82, 2.24) is 14.7 Å². The van der Waals surface area contributed by atoms with Crippen LogP contribution in [-0.4, -0.2) is 71.2 Å². The fraction of sp³-hybridized carbons (Fsp3) is 0.238. The summed E-state index contributed by atoms with van der Waals surface area (Å²) in [4.78, 5) is 53.7. The summed E-state index contributed by atoms with van der Waals surface area (Å²) in [6, 6.07) is 15.3. The summed E-state index contributed by atoms with van der Waals surface area (Å²) in [6.45, 7) is 0.956. The SMILES string of the molecule is O=C(CN1C(=O)c2ccccc2C1=O)N1CCN(C(=O)Oc2ccccc2)CC1. The van der Waals surface area contributed by atoms with Crippen LogP contribution in [0.25, 0.3) is 0 Å². The highest BCUT2D eigenvalue weighted by Gasteiger charge is 2.37. The Morgan fingerprint density at radius 2 is 1.28 bits per heavy atom. The Balaban J connectivity index is 1.31. The van der Waals surface area contributed by atoms with Gasteiger partial charge in [0.15, 0.2) is 0 Å². The lowest BCUT2D eigenvalue weighted by Gasteiger charge is -2.34. The summed E-state index contributed by atoms with van der Waals surface area (Å²) in [5, 5.41) is 0. The number of piperazine rings is 1. The van der Waals surface area contributed by atoms with Gasteiger partial charge in [0.1, 0.15) is 12.3 Å². The van der Waals surface area contributed by atoms with Crippen molar-refractivity contribution in [2.45, 2.75) is 0 Å². The summed E-state index contributed by atoms with van der Waals surface area (Å²) < 4.78 is 5.31. The van der Waals surface area contributed by atoms with Gasteiger partial charge in [-0.15, -0.1) is 0 Å². The zero-order valence-corrected chi connectivity index (χ0v) is 15.6. The van der Waals surface area contributed by atoms with E-state index in [0.29, 0.717) is 43.1 Å². The van der Waals surface area contributed by atoms with Gasteiger partial charge in [0.2, 0.25) is 5.91 Å². The lowest BCUT2D eigenvalue weighted by atomic mass is 10.1. The summed E-state index contributed by atoms with van der Waals surface area (Å²) in [6.07, 6.45) is -0.469. The lowest BCUT2D eigenvalue weighted by molar-refractivity contribution is -0.133. The molecule has 0 radical (unpaired) electrons. The highest BCUT2D eigenvalue weighted by atomic mass is 16.6. The van der Waals surface area contributed by atoms with Crippen molar-refractivity contribution in [3.63, 3.8) is 0 Å². The summed E-state index contributed by atoms with van der Waals surface area (Å²) in [5.41, 5.74) is 0.637. The average Bonchev–Trinajstić information content (AvgIpc) is 2.99. The van der Waals surface area contributed by atoms with Crippen LogP contribution in [0, 0.1) is 0 Å². The number of carbonyl (C=O) groups is 4. The van der Waals surface area contributed by atoms with Crippen molar-refractivity contribution in [2.75, 3.05) is 32.7 Å². The number of rotatable bonds is 3. The molecule has 8 nitrogen and oxygen atoms in total. The standard InChI is InChI=1S/C21H19N3O5/c25-18(14-24-19(26)16-8-4-5-9-17(16)20(24)27)22-10-12-23(13-11-22)21(28)29-15-6-2-1-3-7-15/h1-9H,10-14H2. The Morgan fingerprint density at radius 1 is 0.759 bits per heavy atom. The Bertz CT molecular complexity index is 932. The summed E-state index contributed by atoms with van der Waals surface area (Å²) in [7, 11) is 0. The second kappa shape index (κ2) is 7.75. The van der Waals surface area contributed by atoms with Gasteiger partial charge in [-0.3, -0.25) is 19.3 Å². The third-order valence-electron chi connectivity index (χ3n) is 5.01. The fourth-order valence-corrected chi connectivity index (χ4v) is 3.41. The topological polar surface area (TPSA) is 87.2 Å². The molecule has 1 saturated heterocycles. The molecule has 0 spiro atoms. The molecule has 0 bridgehead atoms. The minimum atomic E-state index is -0.469. The van der Waals surface area contributed by atoms with E-state index in [0.717, 1.165) is 4.90 Å². The molecule has 4 rings (SSSR count). The van der Waals surface area contributed by atoms with E-state index in [1.807, 2.05) is 6.07 Å². The van der Waals surface area contributed by atoms with Crippen LogP contribution in [0.5, 0.6) is 5.75 Å². The van der Waals surface area contributed by atoms with Gasteiger partial charge in [-0.1, -0.05) is 30.3 Å². The van der Waals surface area contributed by atoms with E-state index in [9.17, 15) is 19.2 Å². The molecule has 2 aliphatic heterocycles. The molecule has 8 heteroatoms. The van der Waals surface area contributed by atoms with E-state index in [-0.39, 0.29) is 12.5 Å². The molecule has 0 aromatic heterocycles. The maximum atomic E-state index is 12.6. The van der Waals surface area contributed by atoms with E-state index in [2.05, 4.69) is 0 Å². The summed E-state index contributed by atoms with van der Waals surface area (Å²) >= 11 is 0. The largest absolute Gasteiger partial charge is 0.415 e. The predicted molar refractivity (Wildman–Crippen MR) is 102 cm³/mol. The molecule has 0 atom stereocenters. The number of amides is 4. The Hall–Kier alpha value is -3.68. The maximum Gasteiger partial charge on any atom is 0.415 e. The number of benzene rings is 2. The van der Waals surface area contributed by atoms with Gasteiger partial charge in [-0.25, -0.2) is 4.79 Å². The molecule has 0 saturated carbocycles. The fourth-order valence-electron chi connectivity index (χ4n) is 3.41. The van der Waals surface area contributed by atoms with Gasteiger partial charge in [0.25, 0.3) is 11.8 Å². The quantitative estimate of drug-likeness (QED) is 0.740. The number of nitrogens with zero attached hydrogens (tertiary/aromatic N) is 3. The first-order valence-corrected chi connectivity index (χ1v) is 9.29. The van der Waals surface area contributed by atoms with Crippen LogP contribution < -0.4 is 4.74 Å². The van der Waals surface area contributed by atoms with Crippen LogP contribution in [0.15, 0.2) is 54.6 Å². The van der Waals surface area contributed by atoms with Crippen LogP contribution in [0.1, 0.15) is 20.7 Å². The number of ether oxygens (including phenoxy) is 1. The van der Waals surface area contributed by atoms with Gasteiger partial charge < -0.3 is 14.5 Å². The molecular formula is C21H19N3O5. The first kappa shape index (κ1) is 18.7. The lowest BCUT2D eigenvalue weighted by Crippen LogP contribution is -2.53. The average molecular weight is 393 g/mol. The van der Waals surface area contributed by atoms with E-state index in [1.165, 1.54) is 4.90 Å². The minimum absolute atomic E-state index is 0.305. The Labute approximate surface area is 167 Å². The van der Waals surface area contributed by atoms with Crippen LogP contribution in [-0.2, 0) is 4.79 Å². The van der Waals surface area contributed by atoms with E-state index < -0.39 is 17.9 Å². The number of para-hydroxylation sites is 1. The maximum absolute atomic E-state index is 12.6. The highest BCUT2D eigenvalue weighted by molar-refractivity contribution is 6.22. The van der Waals surface area contributed by atoms with Gasteiger partial charge in [0.05, 0.1) is 11.1 Å². The number of hydrogen-bond acceptors (Lipinski definition) is 5. The summed E-state index contributed by atoms with van der Waals surface area (Å²) in [5.74, 6) is -0.773. The van der Waals surface area contributed by atoms with Gasteiger partial charge in [0, 0.05) is 26.2 Å². The second-order valence-electron chi connectivity index (χ2n) is 6.79. The molecule has 4 amide bonds. The highest BCUT2D eigenvalue weighted by Crippen LogP contribution is 2.22. The molecule has 0 aliphatic carbocycles. The normalized spacial score (nSPS) is 16.1. The molecule has 2 aromatic rings. The van der Waals surface area contributed by atoms with Crippen molar-refractivity contribution in [3.8, 4) is 5.75 Å². The van der Waals surface area contributed by atoms with Gasteiger partial charge in [-0.05, 0) is 24.3 Å². The van der Waals surface area contributed by atoms with Crippen molar-refractivity contribution < 1.29 is 23.9 Å². The first-order valence-electron chi connectivity index (χ1n) is 9.29. The zero-order chi connectivity index (χ0) is 20.4. The van der Waals surface area contributed by atoms with Crippen LogP contribution >= 0.6 is 0 Å². The molecule has 0 N–H and O–H groups in total. The van der Waals surface area contributed by atoms with Crippen LogP contribution in [0.4, 0.5) is 4.79 Å². The molecule has 0 unspecified atom stereocenters. The Morgan fingerprint density at radius 3 is 1.86 bits per heavy atom. The van der Waals surface area contributed by atoms with Crippen molar-refractivity contribution >= 4 is 23.8 Å². The van der Waals surface area contributed by atoms with Gasteiger partial charge >= 0.3 is 6.09 Å². The number of carbonyl (C=O) groups excluding carboxylic acids is 4. The third-order valence-corrected chi connectivity index (χ3v) is 5.01. The molecule has 2 aromatic carbocycles. The molecule has 29 heavy (non-hydrogen) atoms.